The Bertz CT molecular complexity index is 342. The zero-order valence-electron chi connectivity index (χ0n) is 10.8. The van der Waals surface area contributed by atoms with E-state index in [1.54, 1.807) is 0 Å². The minimum absolute atomic E-state index is 0.00310. The number of hydrogen-bond acceptors (Lipinski definition) is 2. The zero-order chi connectivity index (χ0) is 11.9. The van der Waals surface area contributed by atoms with E-state index in [9.17, 15) is 0 Å². The highest BCUT2D eigenvalue weighted by Crippen LogP contribution is 2.32. The van der Waals surface area contributed by atoms with Gasteiger partial charge in [0.05, 0.1) is 5.69 Å². The molecule has 3 heteroatoms. The van der Waals surface area contributed by atoms with Gasteiger partial charge in [0.15, 0.2) is 0 Å². The third-order valence-electron chi connectivity index (χ3n) is 2.78. The van der Waals surface area contributed by atoms with Gasteiger partial charge >= 0.3 is 0 Å². The van der Waals surface area contributed by atoms with Gasteiger partial charge in [0.2, 0.25) is 0 Å². The lowest BCUT2D eigenvalue weighted by Gasteiger charge is -2.26. The van der Waals surface area contributed by atoms with Gasteiger partial charge in [-0.3, -0.25) is 4.68 Å². The molecular weight excluding hydrogens is 186 g/mol. The first-order valence-electron chi connectivity index (χ1n) is 5.43. The number of aryl methyl sites for hydroxylation is 1. The summed E-state index contributed by atoms with van der Waals surface area (Å²) in [6.07, 6.45) is 2.09. The lowest BCUT2D eigenvalue weighted by Crippen LogP contribution is -2.31. The average molecular weight is 209 g/mol. The Morgan fingerprint density at radius 2 is 1.80 bits per heavy atom. The Balaban J connectivity index is 3.30. The minimum atomic E-state index is -0.00310. The van der Waals surface area contributed by atoms with Crippen LogP contribution in [0.15, 0.2) is 6.20 Å². The van der Waals surface area contributed by atoms with Crippen LogP contribution in [0.3, 0.4) is 0 Å². The summed E-state index contributed by atoms with van der Waals surface area (Å²) in [5, 5.41) is 4.56. The van der Waals surface area contributed by atoms with Crippen molar-refractivity contribution in [3.63, 3.8) is 0 Å². The number of nitrogens with zero attached hydrogens (tertiary/aromatic N) is 2. The summed E-state index contributed by atoms with van der Waals surface area (Å²) >= 11 is 0. The van der Waals surface area contributed by atoms with Gasteiger partial charge in [-0.25, -0.2) is 0 Å². The molecule has 0 saturated carbocycles. The van der Waals surface area contributed by atoms with Gasteiger partial charge in [-0.2, -0.15) is 5.10 Å². The number of nitrogens with two attached hydrogens (primary N) is 1. The fraction of sp³-hybridized carbons (Fsp3) is 0.750. The normalized spacial score (nSPS) is 13.3. The summed E-state index contributed by atoms with van der Waals surface area (Å²) in [4.78, 5) is 0. The van der Waals surface area contributed by atoms with Crippen LogP contribution in [0.2, 0.25) is 0 Å². The molecule has 2 N–H and O–H groups in total. The predicted octanol–water partition coefficient (Wildman–Crippen LogP) is 1.95. The fourth-order valence-electron chi connectivity index (χ4n) is 1.65. The third kappa shape index (κ3) is 2.40. The largest absolute Gasteiger partial charge is 0.330 e. The summed E-state index contributed by atoms with van der Waals surface area (Å²) in [5.41, 5.74) is 8.31. The van der Waals surface area contributed by atoms with Gasteiger partial charge in [-0.1, -0.05) is 34.6 Å². The monoisotopic (exact) mass is 209 g/mol. The Morgan fingerprint density at radius 1 is 1.27 bits per heavy atom. The molecule has 0 atom stereocenters. The minimum Gasteiger partial charge on any atom is -0.330 e. The van der Waals surface area contributed by atoms with Gasteiger partial charge in [-0.05, 0) is 0 Å². The lowest BCUT2D eigenvalue weighted by atomic mass is 9.78. The molecule has 86 valence electrons. The molecular formula is C12H23N3. The smallest absolute Gasteiger partial charge is 0.0715 e. The van der Waals surface area contributed by atoms with E-state index in [1.807, 2.05) is 11.7 Å². The van der Waals surface area contributed by atoms with Crippen LogP contribution in [-0.2, 0) is 17.9 Å². The molecule has 0 bridgehead atoms. The molecule has 0 radical (unpaired) electrons. The molecule has 0 fully saturated rings. The molecule has 0 aromatic carbocycles. The molecule has 0 amide bonds. The third-order valence-corrected chi connectivity index (χ3v) is 2.78. The van der Waals surface area contributed by atoms with Crippen LogP contribution < -0.4 is 5.73 Å². The van der Waals surface area contributed by atoms with Crippen molar-refractivity contribution in [1.29, 1.82) is 0 Å². The quantitative estimate of drug-likeness (QED) is 0.809. The second kappa shape index (κ2) is 3.63. The summed E-state index contributed by atoms with van der Waals surface area (Å²) in [6, 6.07) is 0. The highest BCUT2D eigenvalue weighted by molar-refractivity contribution is 5.31. The Labute approximate surface area is 92.7 Å². The molecule has 3 nitrogen and oxygen atoms in total. The summed E-state index contributed by atoms with van der Waals surface area (Å²) in [5.74, 6) is 0. The fourth-order valence-corrected chi connectivity index (χ4v) is 1.65. The standard InChI is InChI=1S/C12H23N3/c1-11(2,3)10-9(7-15(6)14-10)12(4,5)8-13/h7H,8,13H2,1-6H3. The molecule has 1 aromatic heterocycles. The van der Waals surface area contributed by atoms with Gasteiger partial charge in [0.25, 0.3) is 0 Å². The molecule has 1 rings (SSSR count). The maximum atomic E-state index is 5.82. The van der Waals surface area contributed by atoms with Crippen LogP contribution in [0.1, 0.15) is 45.9 Å². The highest BCUT2D eigenvalue weighted by Gasteiger charge is 2.30. The second-order valence-electron chi connectivity index (χ2n) is 5.90. The molecule has 0 spiro atoms. The Hall–Kier alpha value is -0.830. The summed E-state index contributed by atoms with van der Waals surface area (Å²) in [7, 11) is 1.96. The van der Waals surface area contributed by atoms with Crippen LogP contribution in [-0.4, -0.2) is 16.3 Å². The summed E-state index contributed by atoms with van der Waals surface area (Å²) < 4.78 is 1.88. The number of rotatable bonds is 2. The van der Waals surface area contributed by atoms with E-state index >= 15 is 0 Å². The SMILES string of the molecule is Cn1cc(C(C)(C)CN)c(C(C)(C)C)n1. The van der Waals surface area contributed by atoms with E-state index in [0.29, 0.717) is 6.54 Å². The highest BCUT2D eigenvalue weighted by atomic mass is 15.3. The van der Waals surface area contributed by atoms with E-state index in [1.165, 1.54) is 5.56 Å². The van der Waals surface area contributed by atoms with Crippen molar-refractivity contribution in [2.75, 3.05) is 6.54 Å². The number of aromatic nitrogens is 2. The van der Waals surface area contributed by atoms with Gasteiger partial charge in [0.1, 0.15) is 0 Å². The van der Waals surface area contributed by atoms with Crippen LogP contribution in [0, 0.1) is 0 Å². The Kier molecular flexibility index (Phi) is 2.97. The maximum Gasteiger partial charge on any atom is 0.0715 e. The molecule has 0 saturated heterocycles. The Morgan fingerprint density at radius 3 is 2.20 bits per heavy atom. The van der Waals surface area contributed by atoms with Crippen molar-refractivity contribution in [3.05, 3.63) is 17.5 Å². The average Bonchev–Trinajstić information content (AvgIpc) is 2.47. The van der Waals surface area contributed by atoms with Gasteiger partial charge in [0, 0.05) is 36.2 Å². The van der Waals surface area contributed by atoms with Crippen molar-refractivity contribution in [1.82, 2.24) is 9.78 Å². The topological polar surface area (TPSA) is 43.8 Å². The van der Waals surface area contributed by atoms with Crippen LogP contribution in [0.5, 0.6) is 0 Å². The van der Waals surface area contributed by atoms with E-state index in [2.05, 4.69) is 45.9 Å². The molecule has 0 unspecified atom stereocenters. The first-order chi connectivity index (χ1) is 6.68. The first-order valence-corrected chi connectivity index (χ1v) is 5.43. The predicted molar refractivity (Wildman–Crippen MR) is 64.0 cm³/mol. The maximum absolute atomic E-state index is 5.82. The molecule has 1 aromatic rings. The number of hydrogen-bond donors (Lipinski definition) is 1. The molecule has 0 aliphatic heterocycles. The molecule has 0 aliphatic rings. The first kappa shape index (κ1) is 12.2. The molecule has 1 heterocycles. The van der Waals surface area contributed by atoms with Crippen molar-refractivity contribution in [3.8, 4) is 0 Å². The lowest BCUT2D eigenvalue weighted by molar-refractivity contribution is 0.496. The van der Waals surface area contributed by atoms with E-state index in [4.69, 9.17) is 5.73 Å². The van der Waals surface area contributed by atoms with Crippen molar-refractivity contribution >= 4 is 0 Å². The van der Waals surface area contributed by atoms with E-state index in [0.717, 1.165) is 5.69 Å². The van der Waals surface area contributed by atoms with Crippen molar-refractivity contribution in [2.24, 2.45) is 12.8 Å². The molecule has 15 heavy (non-hydrogen) atoms. The van der Waals surface area contributed by atoms with Crippen LogP contribution in [0.4, 0.5) is 0 Å². The molecule has 0 aliphatic carbocycles. The second-order valence-corrected chi connectivity index (χ2v) is 5.90. The van der Waals surface area contributed by atoms with Gasteiger partial charge < -0.3 is 5.73 Å². The van der Waals surface area contributed by atoms with E-state index in [-0.39, 0.29) is 10.8 Å². The summed E-state index contributed by atoms with van der Waals surface area (Å²) in [6.45, 7) is 11.5. The zero-order valence-corrected chi connectivity index (χ0v) is 10.8. The van der Waals surface area contributed by atoms with Crippen molar-refractivity contribution < 1.29 is 0 Å². The van der Waals surface area contributed by atoms with Crippen molar-refractivity contribution in [2.45, 2.75) is 45.4 Å². The van der Waals surface area contributed by atoms with Crippen LogP contribution >= 0.6 is 0 Å². The van der Waals surface area contributed by atoms with Gasteiger partial charge in [-0.15, -0.1) is 0 Å². The van der Waals surface area contributed by atoms with E-state index < -0.39 is 0 Å². The van der Waals surface area contributed by atoms with Crippen LogP contribution in [0.25, 0.3) is 0 Å².